The van der Waals surface area contributed by atoms with Crippen LogP contribution in [0.4, 0.5) is 4.79 Å². The lowest BCUT2D eigenvalue weighted by Crippen LogP contribution is -2.43. The zero-order valence-electron chi connectivity index (χ0n) is 13.4. The van der Waals surface area contributed by atoms with E-state index in [2.05, 4.69) is 12.1 Å². The minimum Gasteiger partial charge on any atom is -0.444 e. The van der Waals surface area contributed by atoms with Gasteiger partial charge in [-0.2, -0.15) is 5.26 Å². The Morgan fingerprint density at radius 1 is 1.41 bits per heavy atom. The Balaban J connectivity index is 1.72. The van der Waals surface area contributed by atoms with E-state index >= 15 is 0 Å². The van der Waals surface area contributed by atoms with Crippen LogP contribution in [0.2, 0.25) is 0 Å². The molecule has 1 aliphatic heterocycles. The number of carbonyl (C=O) groups is 1. The number of fused-ring (bicyclic) bond motifs is 1. The van der Waals surface area contributed by atoms with E-state index < -0.39 is 5.60 Å². The standard InChI is InChI=1S/C18H22N2O2/c1-17(2,3)22-16(21)20-9-8-18(10-14(18)12-20)15-7-5-4-6-13(15)11-19/h4-7,14H,8-10,12H2,1-3H3. The molecule has 1 heterocycles. The highest BCUT2D eigenvalue weighted by atomic mass is 16.6. The molecule has 4 heteroatoms. The van der Waals surface area contributed by atoms with E-state index in [1.54, 1.807) is 0 Å². The van der Waals surface area contributed by atoms with Crippen LogP contribution in [0.1, 0.15) is 44.7 Å². The van der Waals surface area contributed by atoms with Gasteiger partial charge in [-0.05, 0) is 51.2 Å². The van der Waals surface area contributed by atoms with Crippen LogP contribution in [0, 0.1) is 17.2 Å². The number of hydrogen-bond donors (Lipinski definition) is 0. The molecule has 4 nitrogen and oxygen atoms in total. The van der Waals surface area contributed by atoms with Crippen LogP contribution in [0.15, 0.2) is 24.3 Å². The minimum atomic E-state index is -0.456. The van der Waals surface area contributed by atoms with E-state index in [0.717, 1.165) is 30.5 Å². The van der Waals surface area contributed by atoms with Crippen molar-refractivity contribution in [1.82, 2.24) is 4.90 Å². The van der Waals surface area contributed by atoms with Crippen LogP contribution >= 0.6 is 0 Å². The number of nitrogens with zero attached hydrogens (tertiary/aromatic N) is 2. The molecule has 2 aliphatic rings. The molecule has 1 aromatic rings. The van der Waals surface area contributed by atoms with Gasteiger partial charge in [0.2, 0.25) is 0 Å². The van der Waals surface area contributed by atoms with E-state index in [4.69, 9.17) is 4.74 Å². The number of carbonyl (C=O) groups excluding carboxylic acids is 1. The topological polar surface area (TPSA) is 53.3 Å². The molecule has 0 spiro atoms. The Bertz CT molecular complexity index is 641. The Morgan fingerprint density at radius 3 is 2.77 bits per heavy atom. The molecular weight excluding hydrogens is 276 g/mol. The molecule has 0 bridgehead atoms. The third-order valence-corrected chi connectivity index (χ3v) is 4.74. The number of nitriles is 1. The van der Waals surface area contributed by atoms with Gasteiger partial charge in [0, 0.05) is 18.5 Å². The van der Waals surface area contributed by atoms with Crippen molar-refractivity contribution < 1.29 is 9.53 Å². The number of ether oxygens (including phenoxy) is 1. The maximum Gasteiger partial charge on any atom is 0.410 e. The van der Waals surface area contributed by atoms with Gasteiger partial charge < -0.3 is 9.64 Å². The maximum absolute atomic E-state index is 12.2. The summed E-state index contributed by atoms with van der Waals surface area (Å²) in [5.74, 6) is 0.447. The predicted molar refractivity (Wildman–Crippen MR) is 83.4 cm³/mol. The zero-order valence-corrected chi connectivity index (χ0v) is 13.4. The second-order valence-corrected chi connectivity index (χ2v) is 7.39. The molecule has 2 atom stereocenters. The molecule has 2 fully saturated rings. The van der Waals surface area contributed by atoms with Gasteiger partial charge in [0.15, 0.2) is 0 Å². The molecule has 116 valence electrons. The second kappa shape index (κ2) is 5.01. The van der Waals surface area contributed by atoms with Gasteiger partial charge in [-0.15, -0.1) is 0 Å². The largest absolute Gasteiger partial charge is 0.444 e. The quantitative estimate of drug-likeness (QED) is 0.798. The first kappa shape index (κ1) is 14.9. The number of likely N-dealkylation sites (tertiary alicyclic amines) is 1. The third kappa shape index (κ3) is 2.56. The Morgan fingerprint density at radius 2 is 2.14 bits per heavy atom. The van der Waals surface area contributed by atoms with E-state index in [-0.39, 0.29) is 11.5 Å². The molecule has 1 saturated heterocycles. The molecule has 22 heavy (non-hydrogen) atoms. The van der Waals surface area contributed by atoms with Crippen molar-refractivity contribution in [1.29, 1.82) is 5.26 Å². The predicted octanol–water partition coefficient (Wildman–Crippen LogP) is 3.46. The lowest BCUT2D eigenvalue weighted by atomic mass is 9.84. The smallest absolute Gasteiger partial charge is 0.410 e. The van der Waals surface area contributed by atoms with Gasteiger partial charge in [0.25, 0.3) is 0 Å². The fourth-order valence-corrected chi connectivity index (χ4v) is 3.59. The summed E-state index contributed by atoms with van der Waals surface area (Å²) >= 11 is 0. The number of benzene rings is 1. The van der Waals surface area contributed by atoms with Crippen LogP contribution in [0.3, 0.4) is 0 Å². The minimum absolute atomic E-state index is 0.102. The van der Waals surface area contributed by atoms with Crippen LogP contribution in [-0.4, -0.2) is 29.7 Å². The number of rotatable bonds is 1. The summed E-state index contributed by atoms with van der Waals surface area (Å²) in [5, 5.41) is 9.32. The van der Waals surface area contributed by atoms with Gasteiger partial charge in [-0.3, -0.25) is 0 Å². The molecule has 0 aromatic heterocycles. The molecular formula is C18H22N2O2. The third-order valence-electron chi connectivity index (χ3n) is 4.74. The van der Waals surface area contributed by atoms with Crippen LogP contribution in [0.25, 0.3) is 0 Å². The van der Waals surface area contributed by atoms with Gasteiger partial charge >= 0.3 is 6.09 Å². The summed E-state index contributed by atoms with van der Waals surface area (Å²) in [7, 11) is 0. The lowest BCUT2D eigenvalue weighted by Gasteiger charge is -2.33. The fraction of sp³-hybridized carbons (Fsp3) is 0.556. The highest BCUT2D eigenvalue weighted by Crippen LogP contribution is 2.59. The normalized spacial score (nSPS) is 26.8. The lowest BCUT2D eigenvalue weighted by molar-refractivity contribution is 0.0199. The van der Waals surface area contributed by atoms with Gasteiger partial charge in [-0.25, -0.2) is 4.79 Å². The van der Waals surface area contributed by atoms with Crippen molar-refractivity contribution in [3.8, 4) is 6.07 Å². The van der Waals surface area contributed by atoms with Gasteiger partial charge in [0.05, 0.1) is 11.6 Å². The first-order valence-electron chi connectivity index (χ1n) is 7.83. The van der Waals surface area contributed by atoms with Crippen molar-refractivity contribution in [3.05, 3.63) is 35.4 Å². The highest BCUT2D eigenvalue weighted by molar-refractivity contribution is 5.68. The van der Waals surface area contributed by atoms with E-state index in [0.29, 0.717) is 12.5 Å². The first-order valence-corrected chi connectivity index (χ1v) is 7.83. The summed E-state index contributed by atoms with van der Waals surface area (Å²) in [6.45, 7) is 7.10. The molecule has 2 unspecified atom stereocenters. The highest BCUT2D eigenvalue weighted by Gasteiger charge is 2.59. The summed E-state index contributed by atoms with van der Waals surface area (Å²) in [6, 6.07) is 10.2. The van der Waals surface area contributed by atoms with E-state index in [1.165, 1.54) is 0 Å². The number of amides is 1. The second-order valence-electron chi connectivity index (χ2n) is 7.39. The van der Waals surface area contributed by atoms with Crippen molar-refractivity contribution >= 4 is 6.09 Å². The fourth-order valence-electron chi connectivity index (χ4n) is 3.59. The van der Waals surface area contributed by atoms with Crippen LogP contribution < -0.4 is 0 Å². The van der Waals surface area contributed by atoms with Crippen molar-refractivity contribution in [2.75, 3.05) is 13.1 Å². The molecule has 1 saturated carbocycles. The van der Waals surface area contributed by atoms with Gasteiger partial charge in [0.1, 0.15) is 5.60 Å². The Kier molecular flexibility index (Phi) is 3.40. The summed E-state index contributed by atoms with van der Waals surface area (Å²) in [5.41, 5.74) is 1.58. The zero-order chi connectivity index (χ0) is 16.0. The van der Waals surface area contributed by atoms with Crippen molar-refractivity contribution in [2.45, 2.75) is 44.6 Å². The first-order chi connectivity index (χ1) is 10.4. The van der Waals surface area contributed by atoms with Crippen molar-refractivity contribution in [2.24, 2.45) is 5.92 Å². The average Bonchev–Trinajstić information content (AvgIpc) is 3.20. The van der Waals surface area contributed by atoms with Crippen molar-refractivity contribution in [3.63, 3.8) is 0 Å². The maximum atomic E-state index is 12.2. The monoisotopic (exact) mass is 298 g/mol. The number of hydrogen-bond acceptors (Lipinski definition) is 3. The molecule has 1 aromatic carbocycles. The summed E-state index contributed by atoms with van der Waals surface area (Å²) in [4.78, 5) is 14.0. The van der Waals surface area contributed by atoms with Crippen LogP contribution in [-0.2, 0) is 10.2 Å². The summed E-state index contributed by atoms with van der Waals surface area (Å²) < 4.78 is 5.46. The summed E-state index contributed by atoms with van der Waals surface area (Å²) in [6.07, 6.45) is 1.75. The Labute approximate surface area is 131 Å². The van der Waals surface area contributed by atoms with Gasteiger partial charge in [-0.1, -0.05) is 18.2 Å². The van der Waals surface area contributed by atoms with E-state index in [9.17, 15) is 10.1 Å². The van der Waals surface area contributed by atoms with Crippen LogP contribution in [0.5, 0.6) is 0 Å². The average molecular weight is 298 g/mol. The molecule has 0 N–H and O–H groups in total. The molecule has 3 rings (SSSR count). The number of piperidine rings is 1. The van der Waals surface area contributed by atoms with E-state index in [1.807, 2.05) is 43.9 Å². The molecule has 1 aliphatic carbocycles. The SMILES string of the molecule is CC(C)(C)OC(=O)N1CCC2(c3ccccc3C#N)CC2C1. The molecule has 0 radical (unpaired) electrons. The Hall–Kier alpha value is -2.02. The molecule has 1 amide bonds.